The number of halogens is 1. The van der Waals surface area contributed by atoms with E-state index in [1.54, 1.807) is 0 Å². The van der Waals surface area contributed by atoms with Gasteiger partial charge in [0.15, 0.2) is 0 Å². The molecule has 72 valence electrons. The molecule has 0 atom stereocenters. The first-order chi connectivity index (χ1) is 5.79. The second-order valence-corrected chi connectivity index (χ2v) is 2.75. The third-order valence-corrected chi connectivity index (χ3v) is 0.183. The van der Waals surface area contributed by atoms with Gasteiger partial charge in [0.05, 0.1) is 0 Å². The van der Waals surface area contributed by atoms with Crippen LogP contribution in [-0.2, 0) is 9.59 Å². The van der Waals surface area contributed by atoms with E-state index in [1.165, 1.54) is 3.10 Å². The minimum absolute atomic E-state index is 1.22. The van der Waals surface area contributed by atoms with Gasteiger partial charge in [0.2, 0.25) is 0 Å². The van der Waals surface area contributed by atoms with Gasteiger partial charge in [-0.1, -0.05) is 0 Å². The van der Waals surface area contributed by atoms with Gasteiger partial charge < -0.3 is 25.3 Å². The Morgan fingerprint density at radius 2 is 1.23 bits per heavy atom. The monoisotopic (exact) mass is 300 g/mol. The van der Waals surface area contributed by atoms with Gasteiger partial charge in [-0.2, -0.15) is 0 Å². The molecule has 0 aliphatic carbocycles. The summed E-state index contributed by atoms with van der Waals surface area (Å²) in [5, 5.41) is 36.3. The quantitative estimate of drug-likeness (QED) is 0.146. The van der Waals surface area contributed by atoms with Gasteiger partial charge in [-0.3, -0.25) is 0 Å². The Hall–Kier alpha value is 0.212. The number of aliphatic carboxylic acids is 2. The van der Waals surface area contributed by atoms with E-state index in [4.69, 9.17) is 34.9 Å². The van der Waals surface area contributed by atoms with Gasteiger partial charge >= 0.3 is 62.7 Å². The molecule has 0 heterocycles. The molecule has 0 amide bonds. The van der Waals surface area contributed by atoms with Crippen LogP contribution < -0.4 is 0 Å². The predicted molar refractivity (Wildman–Crippen MR) is 52.3 cm³/mol. The van der Waals surface area contributed by atoms with Crippen LogP contribution in [0.2, 0.25) is 0 Å². The van der Waals surface area contributed by atoms with Gasteiger partial charge in [0.25, 0.3) is 0 Å². The molecule has 13 heavy (non-hydrogen) atoms. The summed E-state index contributed by atoms with van der Waals surface area (Å²) in [6, 6.07) is 0. The van der Waals surface area contributed by atoms with Crippen LogP contribution in [0.4, 0.5) is 0 Å². The normalized spacial score (nSPS) is 6.92. The Labute approximate surface area is 97.3 Å². The Morgan fingerprint density at radius 1 is 1.15 bits per heavy atom. The molecule has 0 saturated carbocycles. The fraction of sp³-hybridized carbons (Fsp3) is 0.333. The van der Waals surface area contributed by atoms with E-state index >= 15 is 0 Å². The van der Waals surface area contributed by atoms with Gasteiger partial charge in [0, 0.05) is 0 Å². The summed E-state index contributed by atoms with van der Waals surface area (Å²) in [7, 11) is -2.17. The third-order valence-electron chi connectivity index (χ3n) is 0.183. The second-order valence-electron chi connectivity index (χ2n) is 1.22. The van der Waals surface area contributed by atoms with Gasteiger partial charge in [-0.25, -0.2) is 9.59 Å². The number of carbonyl (C=O) groups is 2. The molecular weight excluding hydrogens is 293 g/mol. The van der Waals surface area contributed by atoms with Crippen LogP contribution in [-0.4, -0.2) is 65.4 Å². The SMILES string of the molecule is O=C(O)C(=O)O.OB(O)O.[Li][CH2]I. The van der Waals surface area contributed by atoms with Crippen molar-refractivity contribution in [3.63, 3.8) is 0 Å². The maximum absolute atomic E-state index is 9.10. The first-order valence-electron chi connectivity index (χ1n) is 2.85. The Balaban J connectivity index is -0.000000125. The van der Waals surface area contributed by atoms with Crippen LogP contribution in [0.1, 0.15) is 0 Å². The molecule has 0 aliphatic rings. The maximum atomic E-state index is 9.10. The van der Waals surface area contributed by atoms with E-state index in [1.807, 2.05) is 0 Å². The first-order valence-corrected chi connectivity index (χ1v) is 4.38. The molecule has 0 saturated heterocycles. The third kappa shape index (κ3) is 71.8. The molecule has 0 bridgehead atoms. The summed E-state index contributed by atoms with van der Waals surface area (Å²) in [6.07, 6.45) is 0. The summed E-state index contributed by atoms with van der Waals surface area (Å²) >= 11 is 4.40. The molecule has 0 aliphatic heterocycles. The van der Waals surface area contributed by atoms with Crippen LogP contribution in [0.3, 0.4) is 0 Å². The van der Waals surface area contributed by atoms with E-state index in [9.17, 15) is 0 Å². The summed E-state index contributed by atoms with van der Waals surface area (Å²) in [5.41, 5.74) is 0. The van der Waals surface area contributed by atoms with Crippen molar-refractivity contribution in [3.05, 3.63) is 0 Å². The van der Waals surface area contributed by atoms with Crippen molar-refractivity contribution >= 4 is 59.6 Å². The Morgan fingerprint density at radius 3 is 1.23 bits per heavy atom. The fourth-order valence-corrected chi connectivity index (χ4v) is 0. The van der Waals surface area contributed by atoms with Gasteiger partial charge in [-0.05, 0) is 0 Å². The molecule has 7 nitrogen and oxygen atoms in total. The standard InChI is InChI=1S/C2H2O4.CH2I.BH3O3.Li/c3-1(4)2(5)6;1-2;2-1(3)4;/h(H,3,4)(H,5,6);1H2;2-4H;. The minimum atomic E-state index is -2.17. The number of carboxylic acids is 2. The molecule has 0 rings (SSSR count). The second kappa shape index (κ2) is 14.7. The summed E-state index contributed by atoms with van der Waals surface area (Å²) in [5.74, 6) is -3.65. The number of carboxylic acid groups (broad SMARTS) is 2. The van der Waals surface area contributed by atoms with Gasteiger partial charge in [-0.15, -0.1) is 0 Å². The van der Waals surface area contributed by atoms with E-state index in [-0.39, 0.29) is 0 Å². The van der Waals surface area contributed by atoms with Crippen LogP contribution in [0.15, 0.2) is 0 Å². The number of hydrogen-bond donors (Lipinski definition) is 5. The molecule has 10 heteroatoms. The zero-order chi connectivity index (χ0) is 11.4. The summed E-state index contributed by atoms with van der Waals surface area (Å²) < 4.78 is 1.22. The fourth-order valence-electron chi connectivity index (χ4n) is 0. The molecule has 0 aromatic rings. The number of rotatable bonds is 0. The Kier molecular flexibility index (Phi) is 21.4. The molecule has 0 aromatic carbocycles. The van der Waals surface area contributed by atoms with Crippen molar-refractivity contribution in [2.24, 2.45) is 0 Å². The molecular formula is C3H7BILiO7. The summed E-state index contributed by atoms with van der Waals surface area (Å²) in [6.45, 7) is 0. The van der Waals surface area contributed by atoms with Crippen LogP contribution in [0.5, 0.6) is 0 Å². The molecule has 0 aromatic heterocycles. The van der Waals surface area contributed by atoms with Crippen LogP contribution >= 0.6 is 22.6 Å². The van der Waals surface area contributed by atoms with Gasteiger partial charge in [0.1, 0.15) is 0 Å². The van der Waals surface area contributed by atoms with Crippen LogP contribution in [0.25, 0.3) is 0 Å². The van der Waals surface area contributed by atoms with Crippen LogP contribution in [0, 0.1) is 0 Å². The Bertz CT molecular complexity index is 127. The van der Waals surface area contributed by atoms with Crippen molar-refractivity contribution < 1.29 is 34.9 Å². The number of alkyl halides is 1. The predicted octanol–water partition coefficient (Wildman–Crippen LogP) is -2.35. The van der Waals surface area contributed by atoms with Crippen molar-refractivity contribution in [3.8, 4) is 0 Å². The van der Waals surface area contributed by atoms with Crippen molar-refractivity contribution in [2.75, 3.05) is 3.10 Å². The van der Waals surface area contributed by atoms with E-state index in [2.05, 4.69) is 40.3 Å². The summed E-state index contributed by atoms with van der Waals surface area (Å²) in [4.78, 5) is 18.2. The van der Waals surface area contributed by atoms with E-state index in [0.29, 0.717) is 0 Å². The molecule has 0 fully saturated rings. The van der Waals surface area contributed by atoms with E-state index < -0.39 is 19.3 Å². The average molecular weight is 300 g/mol. The van der Waals surface area contributed by atoms with Crippen molar-refractivity contribution in [2.45, 2.75) is 0 Å². The molecule has 5 N–H and O–H groups in total. The zero-order valence-electron chi connectivity index (χ0n) is 6.71. The van der Waals surface area contributed by atoms with Crippen molar-refractivity contribution in [1.29, 1.82) is 0 Å². The average Bonchev–Trinajstić information content (AvgIpc) is 1.87. The van der Waals surface area contributed by atoms with Crippen molar-refractivity contribution in [1.82, 2.24) is 0 Å². The number of hydrogen-bond acceptors (Lipinski definition) is 5. The molecule has 0 radical (unpaired) electrons. The topological polar surface area (TPSA) is 135 Å². The zero-order valence-corrected chi connectivity index (χ0v) is 8.87. The van der Waals surface area contributed by atoms with E-state index in [0.717, 1.165) is 0 Å². The molecule has 0 spiro atoms. The first kappa shape index (κ1) is 18.9. The molecule has 0 unspecified atom stereocenters.